The van der Waals surface area contributed by atoms with Gasteiger partial charge in [0.25, 0.3) is 0 Å². The van der Waals surface area contributed by atoms with Gasteiger partial charge in [-0.05, 0) is 6.92 Å². The lowest BCUT2D eigenvalue weighted by molar-refractivity contribution is -0.117. The van der Waals surface area contributed by atoms with E-state index in [9.17, 15) is 4.79 Å². The van der Waals surface area contributed by atoms with Crippen LogP contribution in [0.5, 0.6) is 0 Å². The highest BCUT2D eigenvalue weighted by molar-refractivity contribution is 5.46. The highest BCUT2D eigenvalue weighted by Crippen LogP contribution is 2.03. The molecule has 0 saturated carbocycles. The van der Waals surface area contributed by atoms with Crippen LogP contribution >= 0.6 is 0 Å². The lowest BCUT2D eigenvalue weighted by Gasteiger charge is -2.05. The molecule has 4 heteroatoms. The van der Waals surface area contributed by atoms with E-state index in [0.29, 0.717) is 12.3 Å². The molecule has 1 rings (SSSR count). The number of aromatic nitrogens is 1. The quantitative estimate of drug-likeness (QED) is 0.598. The molecule has 60 valence electrons. The molecule has 0 aliphatic carbocycles. The van der Waals surface area contributed by atoms with E-state index >= 15 is 0 Å². The van der Waals surface area contributed by atoms with Gasteiger partial charge in [0.15, 0.2) is 5.76 Å². The maximum Gasteiger partial charge on any atom is 0.209 e. The first-order chi connectivity index (χ1) is 5.22. The maximum atomic E-state index is 10.2. The summed E-state index contributed by atoms with van der Waals surface area (Å²) in [6.07, 6.45) is 0.748. The van der Waals surface area contributed by atoms with Gasteiger partial charge in [0.2, 0.25) is 6.41 Å². The number of hydrogen-bond donors (Lipinski definition) is 0. The summed E-state index contributed by atoms with van der Waals surface area (Å²) in [5.41, 5.74) is 0.833. The van der Waals surface area contributed by atoms with Gasteiger partial charge >= 0.3 is 0 Å². The summed E-state index contributed by atoms with van der Waals surface area (Å²) in [6.45, 7) is 2.32. The molecule has 0 unspecified atom stereocenters. The Morgan fingerprint density at radius 3 is 3.00 bits per heavy atom. The van der Waals surface area contributed by atoms with Crippen LogP contribution in [-0.4, -0.2) is 23.5 Å². The largest absolute Gasteiger partial charge is 0.359 e. The maximum absolute atomic E-state index is 10.2. The predicted octanol–water partition coefficient (Wildman–Crippen LogP) is 0.571. The Morgan fingerprint density at radius 2 is 2.55 bits per heavy atom. The van der Waals surface area contributed by atoms with Crippen molar-refractivity contribution in [3.05, 3.63) is 17.5 Å². The van der Waals surface area contributed by atoms with Crippen molar-refractivity contribution in [2.24, 2.45) is 0 Å². The van der Waals surface area contributed by atoms with Crippen LogP contribution in [0.1, 0.15) is 11.5 Å². The molecule has 4 nitrogen and oxygen atoms in total. The zero-order chi connectivity index (χ0) is 8.27. The summed E-state index contributed by atoms with van der Waals surface area (Å²) in [6, 6.07) is 1.81. The van der Waals surface area contributed by atoms with E-state index in [0.717, 1.165) is 12.1 Å². The molecule has 1 amide bonds. The van der Waals surface area contributed by atoms with Gasteiger partial charge in [0.1, 0.15) is 0 Å². The average molecular weight is 154 g/mol. The predicted molar refractivity (Wildman–Crippen MR) is 38.8 cm³/mol. The standard InChI is InChI=1S/C7H10N2O2/c1-6-3-7(11-8-6)4-9(2)5-10/h3,5H,4H2,1-2H3. The smallest absolute Gasteiger partial charge is 0.209 e. The third-order valence-electron chi connectivity index (χ3n) is 1.26. The van der Waals surface area contributed by atoms with Crippen molar-refractivity contribution in [2.45, 2.75) is 13.5 Å². The number of rotatable bonds is 3. The summed E-state index contributed by atoms with van der Waals surface area (Å²) in [5.74, 6) is 0.706. The molecule has 0 fully saturated rings. The Kier molecular flexibility index (Phi) is 2.25. The summed E-state index contributed by atoms with van der Waals surface area (Å²) >= 11 is 0. The van der Waals surface area contributed by atoms with E-state index in [1.165, 1.54) is 4.90 Å². The highest BCUT2D eigenvalue weighted by Gasteiger charge is 2.01. The molecular weight excluding hydrogens is 144 g/mol. The molecule has 0 aliphatic rings. The second-order valence-corrected chi connectivity index (χ2v) is 2.46. The fraction of sp³-hybridized carbons (Fsp3) is 0.429. The van der Waals surface area contributed by atoms with Crippen molar-refractivity contribution in [1.82, 2.24) is 10.1 Å². The molecule has 0 spiro atoms. The van der Waals surface area contributed by atoms with E-state index in [4.69, 9.17) is 4.52 Å². The molecule has 0 atom stereocenters. The Hall–Kier alpha value is -1.32. The molecule has 0 bridgehead atoms. The van der Waals surface area contributed by atoms with E-state index in [2.05, 4.69) is 5.16 Å². The molecule has 0 saturated heterocycles. The Balaban J connectivity index is 2.57. The van der Waals surface area contributed by atoms with Gasteiger partial charge in [0.05, 0.1) is 12.2 Å². The monoisotopic (exact) mass is 154 g/mol. The second-order valence-electron chi connectivity index (χ2n) is 2.46. The molecular formula is C7H10N2O2. The Morgan fingerprint density at radius 1 is 1.82 bits per heavy atom. The summed E-state index contributed by atoms with van der Waals surface area (Å²) in [4.78, 5) is 11.7. The van der Waals surface area contributed by atoms with Gasteiger partial charge in [-0.25, -0.2) is 0 Å². The number of carbonyl (C=O) groups is 1. The highest BCUT2D eigenvalue weighted by atomic mass is 16.5. The average Bonchev–Trinajstić information content (AvgIpc) is 2.35. The first-order valence-electron chi connectivity index (χ1n) is 3.30. The van der Waals surface area contributed by atoms with Crippen LogP contribution in [0.2, 0.25) is 0 Å². The molecule has 0 aliphatic heterocycles. The zero-order valence-corrected chi connectivity index (χ0v) is 6.57. The first kappa shape index (κ1) is 7.78. The van der Waals surface area contributed by atoms with E-state index in [-0.39, 0.29) is 0 Å². The molecule has 1 aromatic heterocycles. The Labute approximate surface area is 64.8 Å². The van der Waals surface area contributed by atoms with E-state index in [1.807, 2.05) is 6.92 Å². The van der Waals surface area contributed by atoms with E-state index < -0.39 is 0 Å². The number of amides is 1. The van der Waals surface area contributed by atoms with Crippen molar-refractivity contribution in [3.63, 3.8) is 0 Å². The minimum atomic E-state index is 0.477. The number of nitrogens with zero attached hydrogens (tertiary/aromatic N) is 2. The van der Waals surface area contributed by atoms with Crippen LogP contribution in [0.25, 0.3) is 0 Å². The second kappa shape index (κ2) is 3.18. The number of aryl methyl sites for hydroxylation is 1. The Bertz CT molecular complexity index is 244. The fourth-order valence-electron chi connectivity index (χ4n) is 0.774. The van der Waals surface area contributed by atoms with Crippen molar-refractivity contribution < 1.29 is 9.32 Å². The lowest BCUT2D eigenvalue weighted by Crippen LogP contribution is -2.14. The molecule has 11 heavy (non-hydrogen) atoms. The van der Waals surface area contributed by atoms with Crippen LogP contribution in [0.3, 0.4) is 0 Å². The van der Waals surface area contributed by atoms with Gasteiger partial charge in [-0.1, -0.05) is 5.16 Å². The van der Waals surface area contributed by atoms with Gasteiger partial charge in [-0.3, -0.25) is 4.79 Å². The van der Waals surface area contributed by atoms with Crippen LogP contribution in [0.4, 0.5) is 0 Å². The van der Waals surface area contributed by atoms with Gasteiger partial charge in [-0.2, -0.15) is 0 Å². The topological polar surface area (TPSA) is 46.3 Å². The fourth-order valence-corrected chi connectivity index (χ4v) is 0.774. The third-order valence-corrected chi connectivity index (χ3v) is 1.26. The van der Waals surface area contributed by atoms with Crippen LogP contribution in [0, 0.1) is 6.92 Å². The first-order valence-corrected chi connectivity index (χ1v) is 3.30. The molecule has 1 aromatic rings. The SMILES string of the molecule is Cc1cc(CN(C)C=O)on1. The molecule has 0 aromatic carbocycles. The number of hydrogen-bond acceptors (Lipinski definition) is 3. The van der Waals surface area contributed by atoms with Crippen molar-refractivity contribution in [3.8, 4) is 0 Å². The van der Waals surface area contributed by atoms with Gasteiger partial charge in [0, 0.05) is 13.1 Å². The van der Waals surface area contributed by atoms with E-state index in [1.54, 1.807) is 13.1 Å². The zero-order valence-electron chi connectivity index (χ0n) is 6.57. The molecule has 0 N–H and O–H groups in total. The summed E-state index contributed by atoms with van der Waals surface area (Å²) in [5, 5.41) is 3.69. The van der Waals surface area contributed by atoms with Crippen molar-refractivity contribution >= 4 is 6.41 Å². The van der Waals surface area contributed by atoms with Crippen LogP contribution < -0.4 is 0 Å². The number of carbonyl (C=O) groups excluding carboxylic acids is 1. The minimum absolute atomic E-state index is 0.477. The summed E-state index contributed by atoms with van der Waals surface area (Å²) < 4.78 is 4.89. The lowest BCUT2D eigenvalue weighted by atomic mass is 10.4. The summed E-state index contributed by atoms with van der Waals surface area (Å²) in [7, 11) is 1.69. The van der Waals surface area contributed by atoms with Gasteiger partial charge in [-0.15, -0.1) is 0 Å². The minimum Gasteiger partial charge on any atom is -0.359 e. The normalized spacial score (nSPS) is 9.64. The van der Waals surface area contributed by atoms with Crippen molar-refractivity contribution in [1.29, 1.82) is 0 Å². The van der Waals surface area contributed by atoms with Crippen molar-refractivity contribution in [2.75, 3.05) is 7.05 Å². The molecule has 1 heterocycles. The van der Waals surface area contributed by atoms with Gasteiger partial charge < -0.3 is 9.42 Å². The van der Waals surface area contributed by atoms with Crippen LogP contribution in [-0.2, 0) is 11.3 Å². The molecule has 0 radical (unpaired) electrons. The van der Waals surface area contributed by atoms with Crippen LogP contribution in [0.15, 0.2) is 10.6 Å². The third kappa shape index (κ3) is 2.07.